The number of carbonyl (C=O) groups excluding carboxylic acids is 1. The van der Waals surface area contributed by atoms with Crippen molar-refractivity contribution in [2.24, 2.45) is 0 Å². The Kier molecular flexibility index (Phi) is 6.79. The van der Waals surface area contributed by atoms with Crippen LogP contribution in [0, 0.1) is 0 Å². The summed E-state index contributed by atoms with van der Waals surface area (Å²) in [5, 5.41) is 21.0. The summed E-state index contributed by atoms with van der Waals surface area (Å²) in [6, 6.07) is 0. The summed E-state index contributed by atoms with van der Waals surface area (Å²) >= 11 is 1.37. The van der Waals surface area contributed by atoms with Crippen molar-refractivity contribution >= 4 is 17.7 Å². The fraction of sp³-hybridized carbons (Fsp3) is 0.900. The molecule has 0 aromatic heterocycles. The van der Waals surface area contributed by atoms with Crippen LogP contribution in [0.5, 0.6) is 0 Å². The molecule has 6 heteroatoms. The van der Waals surface area contributed by atoms with E-state index in [0.717, 1.165) is 32.6 Å². The first-order chi connectivity index (χ1) is 7.74. The average Bonchev–Trinajstić information content (AvgIpc) is 2.57. The number of nitrogens with one attached hydrogen (secondary N) is 1. The minimum atomic E-state index is -0.719. The van der Waals surface area contributed by atoms with Gasteiger partial charge in [-0.05, 0) is 13.0 Å². The van der Waals surface area contributed by atoms with Gasteiger partial charge in [0.2, 0.25) is 5.91 Å². The van der Waals surface area contributed by atoms with Crippen LogP contribution >= 0.6 is 11.8 Å². The van der Waals surface area contributed by atoms with Crippen molar-refractivity contribution in [3.05, 3.63) is 0 Å². The highest BCUT2D eigenvalue weighted by molar-refractivity contribution is 7.99. The van der Waals surface area contributed by atoms with E-state index in [1.807, 2.05) is 4.90 Å². The quantitative estimate of drug-likeness (QED) is 0.576. The normalized spacial score (nSPS) is 19.2. The van der Waals surface area contributed by atoms with Crippen LogP contribution in [0.25, 0.3) is 0 Å². The van der Waals surface area contributed by atoms with Gasteiger partial charge in [0.05, 0.1) is 18.5 Å². The number of thioether (sulfide) groups is 1. The van der Waals surface area contributed by atoms with Crippen molar-refractivity contribution < 1.29 is 15.0 Å². The van der Waals surface area contributed by atoms with E-state index in [1.54, 1.807) is 0 Å². The van der Waals surface area contributed by atoms with Crippen LogP contribution < -0.4 is 5.32 Å². The van der Waals surface area contributed by atoms with Crippen LogP contribution in [0.4, 0.5) is 0 Å². The lowest BCUT2D eigenvalue weighted by Gasteiger charge is -2.19. The van der Waals surface area contributed by atoms with Crippen LogP contribution in [-0.2, 0) is 4.79 Å². The van der Waals surface area contributed by atoms with E-state index in [9.17, 15) is 4.79 Å². The summed E-state index contributed by atoms with van der Waals surface area (Å²) in [5.41, 5.74) is 0. The molecule has 94 valence electrons. The first-order valence-electron chi connectivity index (χ1n) is 5.59. The first kappa shape index (κ1) is 13.8. The van der Waals surface area contributed by atoms with Gasteiger partial charge < -0.3 is 20.4 Å². The lowest BCUT2D eigenvalue weighted by atomic mass is 10.4. The summed E-state index contributed by atoms with van der Waals surface area (Å²) in [4.78, 5) is 13.6. The molecular weight excluding hydrogens is 228 g/mol. The Labute approximate surface area is 100 Å². The number of aliphatic hydroxyl groups excluding tert-OH is 2. The van der Waals surface area contributed by atoms with Crippen molar-refractivity contribution in [3.63, 3.8) is 0 Å². The molecule has 0 aliphatic carbocycles. The molecule has 0 spiro atoms. The molecule has 16 heavy (non-hydrogen) atoms. The Bertz CT molecular complexity index is 208. The van der Waals surface area contributed by atoms with Crippen molar-refractivity contribution in [1.29, 1.82) is 0 Å². The maximum Gasteiger partial charge on any atom is 0.232 e. The average molecular weight is 248 g/mol. The molecule has 5 nitrogen and oxygen atoms in total. The molecule has 0 radical (unpaired) electrons. The van der Waals surface area contributed by atoms with E-state index < -0.39 is 6.10 Å². The largest absolute Gasteiger partial charge is 0.394 e. The first-order valence-corrected chi connectivity index (χ1v) is 6.74. The zero-order valence-electron chi connectivity index (χ0n) is 9.39. The molecule has 1 aliphatic heterocycles. The molecule has 0 aromatic rings. The van der Waals surface area contributed by atoms with Crippen LogP contribution in [0.3, 0.4) is 0 Å². The van der Waals surface area contributed by atoms with E-state index in [4.69, 9.17) is 10.2 Å². The number of hydrogen-bond donors (Lipinski definition) is 3. The summed E-state index contributed by atoms with van der Waals surface area (Å²) in [6.07, 6.45) is 0.277. The third-order valence-corrected chi connectivity index (χ3v) is 3.51. The lowest BCUT2D eigenvalue weighted by Crippen LogP contribution is -2.35. The standard InChI is InChI=1S/C10H20N2O3S/c13-6-9(14)7-16-8-10(15)12-4-1-2-11-3-5-12/h9,11,13-14H,1-8H2. The van der Waals surface area contributed by atoms with Gasteiger partial charge in [0.25, 0.3) is 0 Å². The van der Waals surface area contributed by atoms with Crippen molar-refractivity contribution in [2.75, 3.05) is 44.3 Å². The summed E-state index contributed by atoms with van der Waals surface area (Å²) < 4.78 is 0. The Morgan fingerprint density at radius 2 is 2.25 bits per heavy atom. The fourth-order valence-electron chi connectivity index (χ4n) is 1.52. The van der Waals surface area contributed by atoms with E-state index in [-0.39, 0.29) is 12.5 Å². The molecule has 1 unspecified atom stereocenters. The van der Waals surface area contributed by atoms with Gasteiger partial charge in [0.1, 0.15) is 0 Å². The van der Waals surface area contributed by atoms with Crippen LogP contribution in [0.15, 0.2) is 0 Å². The smallest absolute Gasteiger partial charge is 0.232 e. The molecule has 1 heterocycles. The van der Waals surface area contributed by atoms with Gasteiger partial charge >= 0.3 is 0 Å². The van der Waals surface area contributed by atoms with Crippen molar-refractivity contribution in [2.45, 2.75) is 12.5 Å². The number of amides is 1. The molecule has 0 saturated carbocycles. The highest BCUT2D eigenvalue weighted by Crippen LogP contribution is 2.06. The number of carbonyl (C=O) groups is 1. The lowest BCUT2D eigenvalue weighted by molar-refractivity contribution is -0.128. The van der Waals surface area contributed by atoms with E-state index in [0.29, 0.717) is 11.5 Å². The molecule has 1 amide bonds. The van der Waals surface area contributed by atoms with Crippen LogP contribution in [-0.4, -0.2) is 71.4 Å². The molecule has 0 bridgehead atoms. The van der Waals surface area contributed by atoms with Gasteiger partial charge in [0.15, 0.2) is 0 Å². The highest BCUT2D eigenvalue weighted by Gasteiger charge is 2.15. The fourth-order valence-corrected chi connectivity index (χ4v) is 2.37. The monoisotopic (exact) mass is 248 g/mol. The summed E-state index contributed by atoms with van der Waals surface area (Å²) in [5.74, 6) is 0.921. The molecule has 1 aliphatic rings. The number of rotatable bonds is 5. The third-order valence-electron chi connectivity index (χ3n) is 2.44. The van der Waals surface area contributed by atoms with E-state index >= 15 is 0 Å². The number of nitrogens with zero attached hydrogens (tertiary/aromatic N) is 1. The highest BCUT2D eigenvalue weighted by atomic mass is 32.2. The Balaban J connectivity index is 2.17. The molecule has 1 atom stereocenters. The molecule has 0 aromatic carbocycles. The van der Waals surface area contributed by atoms with E-state index in [1.165, 1.54) is 11.8 Å². The van der Waals surface area contributed by atoms with Gasteiger partial charge in [0, 0.05) is 25.4 Å². The molecule has 3 N–H and O–H groups in total. The Morgan fingerprint density at radius 3 is 3.00 bits per heavy atom. The van der Waals surface area contributed by atoms with Gasteiger partial charge in [-0.1, -0.05) is 0 Å². The van der Waals surface area contributed by atoms with Gasteiger partial charge in [-0.15, -0.1) is 11.8 Å². The minimum Gasteiger partial charge on any atom is -0.394 e. The molecule has 1 fully saturated rings. The zero-order chi connectivity index (χ0) is 11.8. The predicted molar refractivity (Wildman–Crippen MR) is 64.5 cm³/mol. The second-order valence-corrected chi connectivity index (χ2v) is 4.87. The molecule has 1 rings (SSSR count). The van der Waals surface area contributed by atoms with Crippen LogP contribution in [0.1, 0.15) is 6.42 Å². The summed E-state index contributed by atoms with van der Waals surface area (Å²) in [6.45, 7) is 3.17. The second kappa shape index (κ2) is 7.89. The van der Waals surface area contributed by atoms with Gasteiger partial charge in [-0.3, -0.25) is 4.79 Å². The zero-order valence-corrected chi connectivity index (χ0v) is 10.2. The topological polar surface area (TPSA) is 72.8 Å². The molecular formula is C10H20N2O3S. The van der Waals surface area contributed by atoms with Crippen LogP contribution in [0.2, 0.25) is 0 Å². The second-order valence-electron chi connectivity index (χ2n) is 3.84. The summed E-state index contributed by atoms with van der Waals surface area (Å²) in [7, 11) is 0. The SMILES string of the molecule is O=C(CSCC(O)CO)N1CCCNCC1. The number of aliphatic hydroxyl groups is 2. The maximum absolute atomic E-state index is 11.8. The maximum atomic E-state index is 11.8. The third kappa shape index (κ3) is 5.16. The van der Waals surface area contributed by atoms with Gasteiger partial charge in [-0.2, -0.15) is 0 Å². The minimum absolute atomic E-state index is 0.124. The van der Waals surface area contributed by atoms with Gasteiger partial charge in [-0.25, -0.2) is 0 Å². The Hall–Kier alpha value is -0.300. The van der Waals surface area contributed by atoms with Crippen molar-refractivity contribution in [3.8, 4) is 0 Å². The van der Waals surface area contributed by atoms with Crippen molar-refractivity contribution in [1.82, 2.24) is 10.2 Å². The number of hydrogen-bond acceptors (Lipinski definition) is 5. The Morgan fingerprint density at radius 1 is 1.44 bits per heavy atom. The predicted octanol–water partition coefficient (Wildman–Crippen LogP) is -1.11. The van der Waals surface area contributed by atoms with E-state index in [2.05, 4.69) is 5.32 Å². The molecule has 1 saturated heterocycles.